The fourth-order valence-corrected chi connectivity index (χ4v) is 2.70. The van der Waals surface area contributed by atoms with Crippen molar-refractivity contribution in [3.63, 3.8) is 0 Å². The topological polar surface area (TPSA) is 54.9 Å². The van der Waals surface area contributed by atoms with Crippen LogP contribution in [0.1, 0.15) is 22.5 Å². The first kappa shape index (κ1) is 18.3. The quantitative estimate of drug-likeness (QED) is 0.661. The summed E-state index contributed by atoms with van der Waals surface area (Å²) in [5.74, 6) is -0.620. The van der Waals surface area contributed by atoms with Crippen molar-refractivity contribution in [3.05, 3.63) is 46.8 Å². The molecule has 1 aromatic heterocycles. The third-order valence-electron chi connectivity index (χ3n) is 3.45. The lowest BCUT2D eigenvalue weighted by Gasteiger charge is -2.13. The third kappa shape index (κ3) is 4.47. The molecule has 0 saturated carbocycles. The fourth-order valence-electron chi connectivity index (χ4n) is 1.96. The van der Waals surface area contributed by atoms with Crippen LogP contribution in [0, 0.1) is 20.8 Å². The molecule has 0 radical (unpaired) electrons. The van der Waals surface area contributed by atoms with Gasteiger partial charge in [-0.15, -0.1) is 0 Å². The molecular weight excluding hydrogens is 339 g/mol. The summed E-state index contributed by atoms with van der Waals surface area (Å²) in [7, 11) is 0. The summed E-state index contributed by atoms with van der Waals surface area (Å²) in [5.41, 5.74) is 1.47. The lowest BCUT2D eigenvalue weighted by Crippen LogP contribution is -2.18. The van der Waals surface area contributed by atoms with Crippen LogP contribution in [0.2, 0.25) is 0 Å². The van der Waals surface area contributed by atoms with Gasteiger partial charge < -0.3 is 5.32 Å². The number of para-hydroxylation sites is 1. The Balaban J connectivity index is 2.05. The van der Waals surface area contributed by atoms with Gasteiger partial charge in [-0.05, 0) is 38.5 Å². The molecule has 4 nitrogen and oxygen atoms in total. The molecule has 1 aromatic carbocycles. The summed E-state index contributed by atoms with van der Waals surface area (Å²) in [6.45, 7) is 5.58. The van der Waals surface area contributed by atoms with Crippen molar-refractivity contribution < 1.29 is 18.0 Å². The number of halogens is 3. The Kier molecular flexibility index (Phi) is 5.48. The van der Waals surface area contributed by atoms with Crippen LogP contribution in [0.25, 0.3) is 0 Å². The van der Waals surface area contributed by atoms with E-state index < -0.39 is 17.6 Å². The molecule has 1 N–H and O–H groups in total. The lowest BCUT2D eigenvalue weighted by molar-refractivity contribution is -0.137. The van der Waals surface area contributed by atoms with E-state index in [0.717, 1.165) is 34.8 Å². The molecule has 128 valence electrons. The first-order valence-electron chi connectivity index (χ1n) is 7.09. The van der Waals surface area contributed by atoms with E-state index in [1.165, 1.54) is 18.2 Å². The molecule has 0 spiro atoms. The summed E-state index contributed by atoms with van der Waals surface area (Å²) in [4.78, 5) is 20.5. The molecule has 0 atom stereocenters. The van der Waals surface area contributed by atoms with Crippen LogP contribution in [0.5, 0.6) is 0 Å². The second-order valence-electron chi connectivity index (χ2n) is 5.18. The number of aryl methyl sites for hydroxylation is 2. The maximum atomic E-state index is 12.9. The van der Waals surface area contributed by atoms with Gasteiger partial charge in [0.2, 0.25) is 5.91 Å². The zero-order valence-electron chi connectivity index (χ0n) is 13.4. The van der Waals surface area contributed by atoms with Crippen LogP contribution in [0.3, 0.4) is 0 Å². The van der Waals surface area contributed by atoms with Gasteiger partial charge in [-0.1, -0.05) is 23.9 Å². The number of carbonyl (C=O) groups is 1. The molecule has 0 aliphatic carbocycles. The van der Waals surface area contributed by atoms with E-state index in [9.17, 15) is 18.0 Å². The minimum atomic E-state index is -4.52. The lowest BCUT2D eigenvalue weighted by atomic mass is 10.1. The monoisotopic (exact) mass is 355 g/mol. The number of anilines is 1. The molecule has 8 heteroatoms. The molecule has 1 amide bonds. The highest BCUT2D eigenvalue weighted by atomic mass is 32.2. The van der Waals surface area contributed by atoms with Gasteiger partial charge in [0, 0.05) is 11.4 Å². The minimum Gasteiger partial charge on any atom is -0.325 e. The van der Waals surface area contributed by atoms with Gasteiger partial charge in [0.15, 0.2) is 5.16 Å². The molecule has 2 aromatic rings. The predicted octanol–water partition coefficient (Wildman–Crippen LogP) is 4.15. The molecule has 0 unspecified atom stereocenters. The van der Waals surface area contributed by atoms with E-state index >= 15 is 0 Å². The van der Waals surface area contributed by atoms with Crippen LogP contribution in [0.15, 0.2) is 29.4 Å². The summed E-state index contributed by atoms with van der Waals surface area (Å²) in [6.07, 6.45) is -4.52. The number of nitrogens with zero attached hydrogens (tertiary/aromatic N) is 2. The Morgan fingerprint density at radius 3 is 2.29 bits per heavy atom. The standard InChI is InChI=1S/C16H16F3N3OS/c1-9-10(2)20-15(21-11(9)3)24-8-14(23)22-13-7-5-4-6-12(13)16(17,18)19/h4-7H,8H2,1-3H3,(H,22,23). The molecule has 1 heterocycles. The van der Waals surface area contributed by atoms with Gasteiger partial charge in [0.1, 0.15) is 0 Å². The maximum Gasteiger partial charge on any atom is 0.418 e. The van der Waals surface area contributed by atoms with E-state index in [2.05, 4.69) is 15.3 Å². The number of benzene rings is 1. The molecule has 0 fully saturated rings. The normalized spacial score (nSPS) is 11.4. The fraction of sp³-hybridized carbons (Fsp3) is 0.312. The summed E-state index contributed by atoms with van der Waals surface area (Å²) < 4.78 is 38.7. The molecular formula is C16H16F3N3OS. The summed E-state index contributed by atoms with van der Waals surface area (Å²) in [5, 5.41) is 2.72. The van der Waals surface area contributed by atoms with Crippen molar-refractivity contribution in [1.29, 1.82) is 0 Å². The van der Waals surface area contributed by atoms with E-state index in [4.69, 9.17) is 0 Å². The number of alkyl halides is 3. The zero-order chi connectivity index (χ0) is 17.9. The number of amides is 1. The maximum absolute atomic E-state index is 12.9. The predicted molar refractivity (Wildman–Crippen MR) is 87.0 cm³/mol. The summed E-state index contributed by atoms with van der Waals surface area (Å²) in [6, 6.07) is 4.87. The Hall–Kier alpha value is -2.09. The first-order valence-corrected chi connectivity index (χ1v) is 8.07. The van der Waals surface area contributed by atoms with Gasteiger partial charge in [-0.2, -0.15) is 13.2 Å². The van der Waals surface area contributed by atoms with Crippen LogP contribution in [-0.4, -0.2) is 21.6 Å². The molecule has 24 heavy (non-hydrogen) atoms. The highest BCUT2D eigenvalue weighted by Gasteiger charge is 2.33. The van der Waals surface area contributed by atoms with Crippen LogP contribution >= 0.6 is 11.8 Å². The van der Waals surface area contributed by atoms with E-state index in [0.29, 0.717) is 5.16 Å². The molecule has 0 bridgehead atoms. The molecule has 2 rings (SSSR count). The van der Waals surface area contributed by atoms with E-state index in [1.54, 1.807) is 0 Å². The van der Waals surface area contributed by atoms with Crippen molar-refractivity contribution in [2.45, 2.75) is 32.1 Å². The number of carbonyl (C=O) groups excluding carboxylic acids is 1. The average molecular weight is 355 g/mol. The number of aromatic nitrogens is 2. The highest BCUT2D eigenvalue weighted by molar-refractivity contribution is 7.99. The van der Waals surface area contributed by atoms with Crippen LogP contribution in [-0.2, 0) is 11.0 Å². The van der Waals surface area contributed by atoms with Crippen molar-refractivity contribution in [1.82, 2.24) is 9.97 Å². The van der Waals surface area contributed by atoms with Crippen molar-refractivity contribution in [2.75, 3.05) is 11.1 Å². The van der Waals surface area contributed by atoms with Gasteiger partial charge >= 0.3 is 6.18 Å². The molecule has 0 aliphatic heterocycles. The third-order valence-corrected chi connectivity index (χ3v) is 4.30. The first-order chi connectivity index (χ1) is 11.2. The second-order valence-corrected chi connectivity index (χ2v) is 6.12. The van der Waals surface area contributed by atoms with Crippen molar-refractivity contribution in [2.24, 2.45) is 0 Å². The zero-order valence-corrected chi connectivity index (χ0v) is 14.2. The highest BCUT2D eigenvalue weighted by Crippen LogP contribution is 2.34. The number of nitrogens with one attached hydrogen (secondary N) is 1. The smallest absolute Gasteiger partial charge is 0.325 e. The molecule has 0 saturated heterocycles. The Labute approximate surface area is 141 Å². The van der Waals surface area contributed by atoms with Crippen molar-refractivity contribution in [3.8, 4) is 0 Å². The van der Waals surface area contributed by atoms with Gasteiger partial charge in [0.25, 0.3) is 0 Å². The van der Waals surface area contributed by atoms with E-state index in [1.807, 2.05) is 20.8 Å². The Morgan fingerprint density at radius 2 is 1.71 bits per heavy atom. The van der Waals surface area contributed by atoms with Crippen LogP contribution in [0.4, 0.5) is 18.9 Å². The van der Waals surface area contributed by atoms with Crippen molar-refractivity contribution >= 4 is 23.4 Å². The Bertz CT molecular complexity index is 739. The van der Waals surface area contributed by atoms with Crippen LogP contribution < -0.4 is 5.32 Å². The molecule has 0 aliphatic rings. The Morgan fingerprint density at radius 1 is 1.12 bits per heavy atom. The minimum absolute atomic E-state index is 0.0753. The number of thioether (sulfide) groups is 1. The van der Waals surface area contributed by atoms with Gasteiger partial charge in [-0.3, -0.25) is 4.79 Å². The van der Waals surface area contributed by atoms with Gasteiger partial charge in [0.05, 0.1) is 17.0 Å². The largest absolute Gasteiger partial charge is 0.418 e. The number of hydrogen-bond acceptors (Lipinski definition) is 4. The number of hydrogen-bond donors (Lipinski definition) is 1. The summed E-state index contributed by atoms with van der Waals surface area (Å²) >= 11 is 1.08. The number of rotatable bonds is 4. The second kappa shape index (κ2) is 7.21. The SMILES string of the molecule is Cc1nc(SCC(=O)Nc2ccccc2C(F)(F)F)nc(C)c1C. The van der Waals surface area contributed by atoms with Gasteiger partial charge in [-0.25, -0.2) is 9.97 Å². The average Bonchev–Trinajstić information content (AvgIpc) is 2.50. The van der Waals surface area contributed by atoms with E-state index in [-0.39, 0.29) is 11.4 Å².